The largest absolute Gasteiger partial charge is 0.457 e. The molecule has 0 bridgehead atoms. The molecule has 0 aliphatic carbocycles. The molecular formula is C26H28N4O5S. The first-order chi connectivity index (χ1) is 17.0. The Hall–Kier alpha value is -4.18. The number of anilines is 2. The minimum Gasteiger partial charge on any atom is -0.457 e. The van der Waals surface area contributed by atoms with Crippen molar-refractivity contribution in [3.63, 3.8) is 0 Å². The van der Waals surface area contributed by atoms with Crippen LogP contribution in [0.3, 0.4) is 0 Å². The summed E-state index contributed by atoms with van der Waals surface area (Å²) < 4.78 is 31.9. The maximum Gasteiger partial charge on any atom is 0.263 e. The van der Waals surface area contributed by atoms with E-state index in [1.54, 1.807) is 55.5 Å². The van der Waals surface area contributed by atoms with Crippen LogP contribution in [0.25, 0.3) is 0 Å². The van der Waals surface area contributed by atoms with Gasteiger partial charge in [0.1, 0.15) is 17.5 Å². The van der Waals surface area contributed by atoms with Crippen LogP contribution < -0.4 is 19.8 Å². The second-order valence-corrected chi connectivity index (χ2v) is 9.94. The first-order valence-corrected chi connectivity index (χ1v) is 12.9. The fourth-order valence-electron chi connectivity index (χ4n) is 3.39. The number of carbonyl (C=O) groups excluding carboxylic acids is 2. The Kier molecular flexibility index (Phi) is 8.44. The van der Waals surface area contributed by atoms with Crippen LogP contribution >= 0.6 is 0 Å². The molecule has 0 radical (unpaired) electrons. The quantitative estimate of drug-likeness (QED) is 0.333. The summed E-state index contributed by atoms with van der Waals surface area (Å²) in [6.45, 7) is 4.61. The Morgan fingerprint density at radius 1 is 0.889 bits per heavy atom. The second kappa shape index (κ2) is 11.5. The molecule has 0 aromatic heterocycles. The number of hydrogen-bond acceptors (Lipinski definition) is 6. The van der Waals surface area contributed by atoms with Gasteiger partial charge in [-0.2, -0.15) is 5.10 Å². The Labute approximate surface area is 210 Å². The van der Waals surface area contributed by atoms with Crippen LogP contribution in [0.4, 0.5) is 11.4 Å². The minimum atomic E-state index is -3.79. The fourth-order valence-corrected chi connectivity index (χ4v) is 4.56. The fraction of sp³-hybridized carbons (Fsp3) is 0.192. The normalized spacial score (nSPS) is 12.4. The van der Waals surface area contributed by atoms with E-state index < -0.39 is 22.0 Å². The summed E-state index contributed by atoms with van der Waals surface area (Å²) in [5.74, 6) is 0.402. The van der Waals surface area contributed by atoms with Gasteiger partial charge in [-0.15, -0.1) is 0 Å². The molecule has 9 nitrogen and oxygen atoms in total. The lowest BCUT2D eigenvalue weighted by Crippen LogP contribution is -2.46. The van der Waals surface area contributed by atoms with Crippen molar-refractivity contribution < 1.29 is 22.7 Å². The lowest BCUT2D eigenvalue weighted by Gasteiger charge is -2.27. The van der Waals surface area contributed by atoms with Gasteiger partial charge in [-0.3, -0.25) is 13.9 Å². The molecule has 3 rings (SSSR count). The summed E-state index contributed by atoms with van der Waals surface area (Å²) in [6, 6.07) is 21.5. The number of para-hydroxylation sites is 1. The molecule has 36 heavy (non-hydrogen) atoms. The van der Waals surface area contributed by atoms with Crippen molar-refractivity contribution in [1.29, 1.82) is 0 Å². The molecule has 0 spiro atoms. The van der Waals surface area contributed by atoms with Crippen LogP contribution in [0.5, 0.6) is 11.5 Å². The molecule has 3 aromatic rings. The zero-order valence-electron chi connectivity index (χ0n) is 20.4. The predicted molar refractivity (Wildman–Crippen MR) is 141 cm³/mol. The molecule has 0 saturated carbocycles. The monoisotopic (exact) mass is 508 g/mol. The molecule has 1 atom stereocenters. The van der Waals surface area contributed by atoms with E-state index in [1.807, 2.05) is 30.3 Å². The molecule has 0 saturated heterocycles. The molecule has 0 heterocycles. The van der Waals surface area contributed by atoms with Crippen LogP contribution in [0, 0.1) is 0 Å². The van der Waals surface area contributed by atoms with E-state index in [1.165, 1.54) is 13.8 Å². The number of benzene rings is 3. The molecule has 0 aliphatic rings. The van der Waals surface area contributed by atoms with E-state index in [0.29, 0.717) is 28.6 Å². The number of sulfonamides is 1. The standard InChI is InChI=1S/C26H28N4O5S/c1-18(21-10-12-22(13-11-21)27-20(3)31)28-29-26(32)19(2)30(36(4,33)34)23-14-16-25(17-15-23)35-24-8-6-5-7-9-24/h5-17,19H,1-4H3,(H,27,31)(H,29,32)/b28-18-/t19-/m0/s1. The molecule has 10 heteroatoms. The number of nitrogens with one attached hydrogen (secondary N) is 2. The maximum atomic E-state index is 12.8. The number of carbonyl (C=O) groups is 2. The summed E-state index contributed by atoms with van der Waals surface area (Å²) in [4.78, 5) is 24.0. The van der Waals surface area contributed by atoms with E-state index in [0.717, 1.165) is 16.1 Å². The lowest BCUT2D eigenvalue weighted by atomic mass is 10.1. The third-order valence-corrected chi connectivity index (χ3v) is 6.36. The van der Waals surface area contributed by atoms with Crippen molar-refractivity contribution >= 4 is 38.9 Å². The Balaban J connectivity index is 1.72. The molecular weight excluding hydrogens is 480 g/mol. The Morgan fingerprint density at radius 3 is 2.03 bits per heavy atom. The number of hydrogen-bond donors (Lipinski definition) is 2. The molecule has 2 amide bonds. The third-order valence-electron chi connectivity index (χ3n) is 5.12. The van der Waals surface area contributed by atoms with Crippen molar-refractivity contribution in [1.82, 2.24) is 5.43 Å². The SMILES string of the molecule is CC(=O)Nc1ccc(/C(C)=N\NC(=O)[C@H](C)N(c2ccc(Oc3ccccc3)cc2)S(C)(=O)=O)cc1. The van der Waals surface area contributed by atoms with Crippen molar-refractivity contribution in [3.05, 3.63) is 84.4 Å². The van der Waals surface area contributed by atoms with Crippen molar-refractivity contribution in [2.45, 2.75) is 26.8 Å². The number of rotatable bonds is 9. The van der Waals surface area contributed by atoms with Gasteiger partial charge in [0.2, 0.25) is 15.9 Å². The van der Waals surface area contributed by atoms with Crippen molar-refractivity contribution in [3.8, 4) is 11.5 Å². The third kappa shape index (κ3) is 7.16. The molecule has 0 aliphatic heterocycles. The average molecular weight is 509 g/mol. The molecule has 0 unspecified atom stereocenters. The van der Waals surface area contributed by atoms with E-state index in [-0.39, 0.29) is 5.91 Å². The van der Waals surface area contributed by atoms with Gasteiger partial charge < -0.3 is 10.1 Å². The molecule has 2 N–H and O–H groups in total. The van der Waals surface area contributed by atoms with E-state index in [2.05, 4.69) is 15.8 Å². The molecule has 0 fully saturated rings. The lowest BCUT2D eigenvalue weighted by molar-refractivity contribution is -0.121. The summed E-state index contributed by atoms with van der Waals surface area (Å²) in [5.41, 5.74) is 4.64. The highest BCUT2D eigenvalue weighted by molar-refractivity contribution is 7.92. The smallest absolute Gasteiger partial charge is 0.263 e. The van der Waals surface area contributed by atoms with E-state index in [9.17, 15) is 18.0 Å². The number of ether oxygens (including phenoxy) is 1. The van der Waals surface area contributed by atoms with Gasteiger partial charge in [0, 0.05) is 12.6 Å². The zero-order chi connectivity index (χ0) is 26.3. The predicted octanol–water partition coefficient (Wildman–Crippen LogP) is 4.13. The van der Waals surface area contributed by atoms with Crippen LogP contribution in [-0.2, 0) is 19.6 Å². The topological polar surface area (TPSA) is 117 Å². The number of hydrazone groups is 1. The first kappa shape index (κ1) is 26.4. The highest BCUT2D eigenvalue weighted by Gasteiger charge is 2.29. The van der Waals surface area contributed by atoms with Crippen molar-refractivity contribution in [2.75, 3.05) is 15.9 Å². The Morgan fingerprint density at radius 2 is 1.47 bits per heavy atom. The summed E-state index contributed by atoms with van der Waals surface area (Å²) in [7, 11) is -3.79. The van der Waals surface area contributed by atoms with Gasteiger partial charge in [-0.05, 0) is 67.9 Å². The van der Waals surface area contributed by atoms with Gasteiger partial charge >= 0.3 is 0 Å². The van der Waals surface area contributed by atoms with Gasteiger partial charge in [-0.25, -0.2) is 13.8 Å². The van der Waals surface area contributed by atoms with Crippen LogP contribution in [-0.4, -0.2) is 38.2 Å². The van der Waals surface area contributed by atoms with Crippen LogP contribution in [0.1, 0.15) is 26.3 Å². The summed E-state index contributed by atoms with van der Waals surface area (Å²) in [6.07, 6.45) is 1.04. The highest BCUT2D eigenvalue weighted by atomic mass is 32.2. The van der Waals surface area contributed by atoms with Gasteiger partial charge in [0.05, 0.1) is 17.7 Å². The number of amides is 2. The van der Waals surface area contributed by atoms with E-state index >= 15 is 0 Å². The minimum absolute atomic E-state index is 0.178. The average Bonchev–Trinajstić information content (AvgIpc) is 2.83. The van der Waals surface area contributed by atoms with Crippen LogP contribution in [0.2, 0.25) is 0 Å². The first-order valence-electron chi connectivity index (χ1n) is 11.1. The van der Waals surface area contributed by atoms with E-state index in [4.69, 9.17) is 4.74 Å². The van der Waals surface area contributed by atoms with Gasteiger partial charge in [0.25, 0.3) is 5.91 Å². The van der Waals surface area contributed by atoms with Crippen molar-refractivity contribution in [2.24, 2.45) is 5.10 Å². The molecule has 3 aromatic carbocycles. The molecule has 188 valence electrons. The Bertz CT molecular complexity index is 1340. The van der Waals surface area contributed by atoms with Crippen LogP contribution in [0.15, 0.2) is 84.0 Å². The zero-order valence-corrected chi connectivity index (χ0v) is 21.2. The van der Waals surface area contributed by atoms with Gasteiger partial charge in [-0.1, -0.05) is 30.3 Å². The maximum absolute atomic E-state index is 12.8. The second-order valence-electron chi connectivity index (χ2n) is 8.08. The van der Waals surface area contributed by atoms with Gasteiger partial charge in [0.15, 0.2) is 0 Å². The number of nitrogens with zero attached hydrogens (tertiary/aromatic N) is 2. The summed E-state index contributed by atoms with van der Waals surface area (Å²) in [5, 5.41) is 6.79. The highest BCUT2D eigenvalue weighted by Crippen LogP contribution is 2.27. The summed E-state index contributed by atoms with van der Waals surface area (Å²) >= 11 is 0.